The molecule has 0 atom stereocenters. The summed E-state index contributed by atoms with van der Waals surface area (Å²) in [5, 5.41) is 11.9. The molecule has 1 aromatic carbocycles. The highest BCUT2D eigenvalue weighted by Crippen LogP contribution is 2.34. The SMILES string of the molecule is CC(C)N(CCC(=O)O)C(=O)Nc1c(Cl)cc(Br)cc1Cl. The Hall–Kier alpha value is -0.980. The van der Waals surface area contributed by atoms with Crippen molar-refractivity contribution < 1.29 is 14.7 Å². The average Bonchev–Trinajstić information content (AvgIpc) is 2.33. The van der Waals surface area contributed by atoms with Crippen LogP contribution in [0.25, 0.3) is 0 Å². The van der Waals surface area contributed by atoms with Gasteiger partial charge in [-0.1, -0.05) is 39.1 Å². The number of carbonyl (C=O) groups excluding carboxylic acids is 1. The van der Waals surface area contributed by atoms with E-state index in [0.29, 0.717) is 20.2 Å². The highest BCUT2D eigenvalue weighted by atomic mass is 79.9. The van der Waals surface area contributed by atoms with Crippen molar-refractivity contribution in [2.24, 2.45) is 0 Å². The summed E-state index contributed by atoms with van der Waals surface area (Å²) < 4.78 is 0.696. The van der Waals surface area contributed by atoms with Crippen molar-refractivity contribution in [3.63, 3.8) is 0 Å². The van der Waals surface area contributed by atoms with Gasteiger partial charge in [-0.25, -0.2) is 4.79 Å². The molecule has 0 aliphatic heterocycles. The van der Waals surface area contributed by atoms with E-state index in [0.717, 1.165) is 0 Å². The van der Waals surface area contributed by atoms with Crippen LogP contribution < -0.4 is 5.32 Å². The fraction of sp³-hybridized carbons (Fsp3) is 0.385. The molecule has 2 amide bonds. The van der Waals surface area contributed by atoms with Crippen LogP contribution in [-0.2, 0) is 4.79 Å². The van der Waals surface area contributed by atoms with Crippen LogP contribution in [0.4, 0.5) is 10.5 Å². The molecule has 0 spiro atoms. The Bertz CT molecular complexity index is 529. The van der Waals surface area contributed by atoms with Gasteiger partial charge in [-0.05, 0) is 26.0 Å². The lowest BCUT2D eigenvalue weighted by Crippen LogP contribution is -2.41. The summed E-state index contributed by atoms with van der Waals surface area (Å²) in [7, 11) is 0. The standard InChI is InChI=1S/C13H15BrCl2N2O3/c1-7(2)18(4-3-11(19)20)13(21)17-12-9(15)5-8(14)6-10(12)16/h5-7H,3-4H2,1-2H3,(H,17,21)(H,19,20). The van der Waals surface area contributed by atoms with Crippen LogP contribution in [0, 0.1) is 0 Å². The van der Waals surface area contributed by atoms with Gasteiger partial charge in [-0.2, -0.15) is 0 Å². The lowest BCUT2D eigenvalue weighted by molar-refractivity contribution is -0.137. The molecule has 2 N–H and O–H groups in total. The molecule has 0 fully saturated rings. The zero-order valence-corrected chi connectivity index (χ0v) is 14.6. The number of hydrogen-bond donors (Lipinski definition) is 2. The molecule has 0 saturated carbocycles. The van der Waals surface area contributed by atoms with Crippen molar-refractivity contribution >= 4 is 56.8 Å². The Labute approximate surface area is 141 Å². The van der Waals surface area contributed by atoms with E-state index in [-0.39, 0.29) is 19.0 Å². The molecule has 116 valence electrons. The molecule has 21 heavy (non-hydrogen) atoms. The first-order chi connectivity index (χ1) is 9.72. The van der Waals surface area contributed by atoms with Gasteiger partial charge in [0.15, 0.2) is 0 Å². The molecule has 0 aliphatic carbocycles. The maximum absolute atomic E-state index is 12.2. The van der Waals surface area contributed by atoms with Gasteiger partial charge in [0.1, 0.15) is 0 Å². The topological polar surface area (TPSA) is 69.6 Å². The van der Waals surface area contributed by atoms with E-state index in [2.05, 4.69) is 21.2 Å². The van der Waals surface area contributed by atoms with Gasteiger partial charge in [0, 0.05) is 17.1 Å². The van der Waals surface area contributed by atoms with Gasteiger partial charge in [0.2, 0.25) is 0 Å². The van der Waals surface area contributed by atoms with Crippen LogP contribution in [0.15, 0.2) is 16.6 Å². The zero-order valence-electron chi connectivity index (χ0n) is 11.5. The van der Waals surface area contributed by atoms with Crippen LogP contribution >= 0.6 is 39.1 Å². The molecule has 0 aliphatic rings. The Balaban J connectivity index is 2.89. The predicted octanol–water partition coefficient (Wildman–Crippen LogP) is 4.47. The first kappa shape index (κ1) is 18.1. The Kier molecular flexibility index (Phi) is 6.77. The molecule has 0 aromatic heterocycles. The third kappa shape index (κ3) is 5.37. The smallest absolute Gasteiger partial charge is 0.322 e. The fourth-order valence-electron chi connectivity index (χ4n) is 1.65. The number of carboxylic acid groups (broad SMARTS) is 1. The minimum absolute atomic E-state index is 0.102. The van der Waals surface area contributed by atoms with Crippen molar-refractivity contribution in [2.75, 3.05) is 11.9 Å². The van der Waals surface area contributed by atoms with Crippen LogP contribution in [0.5, 0.6) is 0 Å². The summed E-state index contributed by atoms with van der Waals surface area (Å²) in [5.74, 6) is -0.965. The van der Waals surface area contributed by atoms with Gasteiger partial charge < -0.3 is 15.3 Å². The van der Waals surface area contributed by atoms with Crippen LogP contribution in [0.1, 0.15) is 20.3 Å². The van der Waals surface area contributed by atoms with Crippen LogP contribution in [-0.4, -0.2) is 34.6 Å². The van der Waals surface area contributed by atoms with Crippen LogP contribution in [0.2, 0.25) is 10.0 Å². The summed E-state index contributed by atoms with van der Waals surface area (Å²) >= 11 is 15.3. The number of halogens is 3. The normalized spacial score (nSPS) is 10.6. The van der Waals surface area contributed by atoms with Gasteiger partial charge >= 0.3 is 12.0 Å². The number of carbonyl (C=O) groups is 2. The Morgan fingerprint density at radius 1 is 1.33 bits per heavy atom. The molecule has 8 heteroatoms. The summed E-state index contributed by atoms with van der Waals surface area (Å²) in [5.41, 5.74) is 0.299. The second kappa shape index (κ2) is 7.87. The number of anilines is 1. The summed E-state index contributed by atoms with van der Waals surface area (Å²) in [6.45, 7) is 3.70. The number of rotatable bonds is 5. The van der Waals surface area contributed by atoms with Crippen LogP contribution in [0.3, 0.4) is 0 Å². The minimum Gasteiger partial charge on any atom is -0.481 e. The average molecular weight is 398 g/mol. The van der Waals surface area contributed by atoms with E-state index in [1.54, 1.807) is 26.0 Å². The second-order valence-corrected chi connectivity index (χ2v) is 6.34. The molecule has 5 nitrogen and oxygen atoms in total. The quantitative estimate of drug-likeness (QED) is 0.769. The van der Waals surface area contributed by atoms with Crippen molar-refractivity contribution in [3.8, 4) is 0 Å². The largest absolute Gasteiger partial charge is 0.481 e. The number of carboxylic acids is 1. The van der Waals surface area contributed by atoms with E-state index in [9.17, 15) is 9.59 Å². The predicted molar refractivity (Wildman–Crippen MR) is 87.3 cm³/mol. The molecule has 0 bridgehead atoms. The Morgan fingerprint density at radius 2 is 1.86 bits per heavy atom. The third-order valence-corrected chi connectivity index (χ3v) is 3.74. The highest BCUT2D eigenvalue weighted by Gasteiger charge is 2.20. The van der Waals surface area contributed by atoms with Crippen molar-refractivity contribution in [2.45, 2.75) is 26.3 Å². The van der Waals surface area contributed by atoms with Gasteiger partial charge in [-0.3, -0.25) is 4.79 Å². The lowest BCUT2D eigenvalue weighted by Gasteiger charge is -2.26. The van der Waals surface area contributed by atoms with Gasteiger partial charge in [0.05, 0.1) is 22.2 Å². The summed E-state index contributed by atoms with van der Waals surface area (Å²) in [6.07, 6.45) is -0.132. The second-order valence-electron chi connectivity index (χ2n) is 4.61. The number of nitrogens with one attached hydrogen (secondary N) is 1. The molecule has 0 unspecified atom stereocenters. The van der Waals surface area contributed by atoms with Gasteiger partial charge in [-0.15, -0.1) is 0 Å². The summed E-state index contributed by atoms with van der Waals surface area (Å²) in [6, 6.07) is 2.62. The molecule has 1 rings (SSSR count). The molecule has 1 aromatic rings. The zero-order chi connectivity index (χ0) is 16.2. The maximum Gasteiger partial charge on any atom is 0.322 e. The molecular weight excluding hydrogens is 383 g/mol. The fourth-order valence-corrected chi connectivity index (χ4v) is 2.95. The maximum atomic E-state index is 12.2. The van der Waals surface area contributed by atoms with E-state index >= 15 is 0 Å². The molecule has 0 radical (unpaired) electrons. The number of amides is 2. The molecule has 0 heterocycles. The number of nitrogens with zero attached hydrogens (tertiary/aromatic N) is 1. The van der Waals surface area contributed by atoms with Crippen molar-refractivity contribution in [3.05, 3.63) is 26.7 Å². The number of aliphatic carboxylic acids is 1. The van der Waals surface area contributed by atoms with E-state index < -0.39 is 12.0 Å². The van der Waals surface area contributed by atoms with E-state index in [1.807, 2.05) is 0 Å². The highest BCUT2D eigenvalue weighted by molar-refractivity contribution is 9.10. The first-order valence-electron chi connectivity index (χ1n) is 6.16. The number of urea groups is 1. The first-order valence-corrected chi connectivity index (χ1v) is 7.71. The molecular formula is C13H15BrCl2N2O3. The number of benzene rings is 1. The minimum atomic E-state index is -0.965. The summed E-state index contributed by atoms with van der Waals surface area (Å²) in [4.78, 5) is 24.3. The van der Waals surface area contributed by atoms with Gasteiger partial charge in [0.25, 0.3) is 0 Å². The number of hydrogen-bond acceptors (Lipinski definition) is 2. The van der Waals surface area contributed by atoms with Crippen molar-refractivity contribution in [1.29, 1.82) is 0 Å². The van der Waals surface area contributed by atoms with Crippen molar-refractivity contribution in [1.82, 2.24) is 4.90 Å². The van der Waals surface area contributed by atoms with E-state index in [4.69, 9.17) is 28.3 Å². The monoisotopic (exact) mass is 396 g/mol. The lowest BCUT2D eigenvalue weighted by atomic mass is 10.3. The third-order valence-electron chi connectivity index (χ3n) is 2.69. The molecule has 0 saturated heterocycles. The Morgan fingerprint density at radius 3 is 2.29 bits per heavy atom. The van der Waals surface area contributed by atoms with E-state index in [1.165, 1.54) is 4.90 Å².